The molecule has 1 atom stereocenters. The first-order chi connectivity index (χ1) is 13.4. The second kappa shape index (κ2) is 8.75. The summed E-state index contributed by atoms with van der Waals surface area (Å²) in [5.74, 6) is 0.939. The fraction of sp³-hybridized carbons (Fsp3) is 0.381. The van der Waals surface area contributed by atoms with Crippen LogP contribution in [0.4, 0.5) is 0 Å². The van der Waals surface area contributed by atoms with Crippen LogP contribution in [-0.2, 0) is 21.2 Å². The summed E-state index contributed by atoms with van der Waals surface area (Å²) in [6, 6.07) is 14.7. The smallest absolute Gasteiger partial charge is 0.240 e. The summed E-state index contributed by atoms with van der Waals surface area (Å²) >= 11 is 0. The Morgan fingerprint density at radius 2 is 1.82 bits per heavy atom. The van der Waals surface area contributed by atoms with Crippen LogP contribution < -0.4 is 9.46 Å². The van der Waals surface area contributed by atoms with Crippen LogP contribution in [0.1, 0.15) is 36.4 Å². The van der Waals surface area contributed by atoms with E-state index in [1.807, 2.05) is 29.2 Å². The molecular formula is C21H26N2O4S. The molecule has 0 radical (unpaired) electrons. The average molecular weight is 403 g/mol. The molecule has 1 saturated heterocycles. The van der Waals surface area contributed by atoms with Crippen LogP contribution in [0.15, 0.2) is 53.4 Å². The molecule has 150 valence electrons. The minimum atomic E-state index is -3.44. The maximum Gasteiger partial charge on any atom is 0.240 e. The zero-order chi connectivity index (χ0) is 20.1. The van der Waals surface area contributed by atoms with Gasteiger partial charge in [-0.2, -0.15) is 0 Å². The van der Waals surface area contributed by atoms with Gasteiger partial charge in [-0.15, -0.1) is 0 Å². The normalized spacial score (nSPS) is 16.9. The molecule has 0 bridgehead atoms. The quantitative estimate of drug-likeness (QED) is 0.773. The summed E-state index contributed by atoms with van der Waals surface area (Å²) in [4.78, 5) is 15.0. The second-order valence-electron chi connectivity index (χ2n) is 6.87. The zero-order valence-electron chi connectivity index (χ0n) is 16.2. The van der Waals surface area contributed by atoms with E-state index in [1.54, 1.807) is 31.4 Å². The Kier molecular flexibility index (Phi) is 6.36. The molecular weight excluding hydrogens is 376 g/mol. The largest absolute Gasteiger partial charge is 0.497 e. The number of nitrogens with one attached hydrogen (secondary N) is 1. The van der Waals surface area contributed by atoms with E-state index in [9.17, 15) is 13.2 Å². The number of carbonyl (C=O) groups is 1. The number of likely N-dealkylation sites (tertiary alicyclic amines) is 1. The van der Waals surface area contributed by atoms with Crippen molar-refractivity contribution in [3.63, 3.8) is 0 Å². The molecule has 2 aromatic carbocycles. The third kappa shape index (κ3) is 4.54. The van der Waals surface area contributed by atoms with Crippen molar-refractivity contribution in [1.29, 1.82) is 0 Å². The second-order valence-corrected chi connectivity index (χ2v) is 8.76. The molecule has 28 heavy (non-hydrogen) atoms. The van der Waals surface area contributed by atoms with E-state index in [4.69, 9.17) is 4.74 Å². The monoisotopic (exact) mass is 402 g/mol. The summed E-state index contributed by atoms with van der Waals surface area (Å²) in [5.41, 5.74) is 2.08. The van der Waals surface area contributed by atoms with Gasteiger partial charge in [-0.1, -0.05) is 24.3 Å². The molecule has 0 aliphatic carbocycles. The predicted molar refractivity (Wildman–Crippen MR) is 108 cm³/mol. The standard InChI is InChI=1S/C21H26N2O4S/c1-22-28(25,26)19-12-5-16(6-13-19)7-14-21(24)23-15-3-4-20(23)17-8-10-18(27-2)11-9-17/h5-6,8-13,20,22H,3-4,7,14-15H2,1-2H3. The van der Waals surface area contributed by atoms with Crippen molar-refractivity contribution in [3.8, 4) is 5.75 Å². The highest BCUT2D eigenvalue weighted by Crippen LogP contribution is 2.33. The van der Waals surface area contributed by atoms with E-state index in [0.717, 1.165) is 36.3 Å². The van der Waals surface area contributed by atoms with E-state index >= 15 is 0 Å². The molecule has 1 fully saturated rings. The number of amides is 1. The van der Waals surface area contributed by atoms with Gasteiger partial charge in [0.05, 0.1) is 18.0 Å². The van der Waals surface area contributed by atoms with Crippen molar-refractivity contribution >= 4 is 15.9 Å². The van der Waals surface area contributed by atoms with Crippen LogP contribution >= 0.6 is 0 Å². The highest BCUT2D eigenvalue weighted by atomic mass is 32.2. The van der Waals surface area contributed by atoms with Crippen LogP contribution in [0.25, 0.3) is 0 Å². The first-order valence-corrected chi connectivity index (χ1v) is 10.9. The molecule has 0 spiro atoms. The van der Waals surface area contributed by atoms with Gasteiger partial charge in [0.15, 0.2) is 0 Å². The lowest BCUT2D eigenvalue weighted by Gasteiger charge is -2.25. The number of aryl methyl sites for hydroxylation is 1. The Bertz CT molecular complexity index is 908. The molecule has 1 amide bonds. The molecule has 0 saturated carbocycles. The zero-order valence-corrected chi connectivity index (χ0v) is 17.0. The van der Waals surface area contributed by atoms with Crippen molar-refractivity contribution < 1.29 is 17.9 Å². The third-order valence-corrected chi connectivity index (χ3v) is 6.63. The lowest BCUT2D eigenvalue weighted by atomic mass is 10.0. The van der Waals surface area contributed by atoms with Crippen molar-refractivity contribution in [2.24, 2.45) is 0 Å². The molecule has 0 aromatic heterocycles. The maximum absolute atomic E-state index is 12.8. The van der Waals surface area contributed by atoms with E-state index in [2.05, 4.69) is 4.72 Å². The molecule has 1 aliphatic heterocycles. The molecule has 1 heterocycles. The summed E-state index contributed by atoms with van der Waals surface area (Å²) in [6.07, 6.45) is 2.96. The number of nitrogens with zero attached hydrogens (tertiary/aromatic N) is 1. The molecule has 6 nitrogen and oxygen atoms in total. The number of hydrogen-bond acceptors (Lipinski definition) is 4. The van der Waals surface area contributed by atoms with Crippen molar-refractivity contribution in [2.45, 2.75) is 36.6 Å². The fourth-order valence-corrected chi connectivity index (χ4v) is 4.32. The topological polar surface area (TPSA) is 75.7 Å². The van der Waals surface area contributed by atoms with Crippen LogP contribution in [-0.4, -0.2) is 39.9 Å². The minimum Gasteiger partial charge on any atom is -0.497 e. The van der Waals surface area contributed by atoms with E-state index in [1.165, 1.54) is 7.05 Å². The molecule has 1 aliphatic rings. The number of rotatable bonds is 7. The van der Waals surface area contributed by atoms with Crippen LogP contribution in [0.3, 0.4) is 0 Å². The average Bonchev–Trinajstić information content (AvgIpc) is 3.22. The lowest BCUT2D eigenvalue weighted by molar-refractivity contribution is -0.132. The van der Waals surface area contributed by atoms with E-state index in [-0.39, 0.29) is 16.8 Å². The molecule has 7 heteroatoms. The Balaban J connectivity index is 1.62. The number of carbonyl (C=O) groups excluding carboxylic acids is 1. The Labute approximate surface area is 166 Å². The van der Waals surface area contributed by atoms with Gasteiger partial charge in [0.2, 0.25) is 15.9 Å². The van der Waals surface area contributed by atoms with Crippen molar-refractivity contribution in [1.82, 2.24) is 9.62 Å². The minimum absolute atomic E-state index is 0.113. The molecule has 3 rings (SSSR count). The number of ether oxygens (including phenoxy) is 1. The highest BCUT2D eigenvalue weighted by molar-refractivity contribution is 7.89. The van der Waals surface area contributed by atoms with Gasteiger partial charge in [-0.3, -0.25) is 4.79 Å². The molecule has 2 aromatic rings. The summed E-state index contributed by atoms with van der Waals surface area (Å²) < 4.78 is 31.1. The predicted octanol–water partition coefficient (Wildman–Crippen LogP) is 2.90. The van der Waals surface area contributed by atoms with Crippen molar-refractivity contribution in [2.75, 3.05) is 20.7 Å². The van der Waals surface area contributed by atoms with Gasteiger partial charge < -0.3 is 9.64 Å². The molecule has 1 N–H and O–H groups in total. The van der Waals surface area contributed by atoms with Gasteiger partial charge >= 0.3 is 0 Å². The van der Waals surface area contributed by atoms with Gasteiger partial charge in [0.1, 0.15) is 5.75 Å². The number of benzene rings is 2. The lowest BCUT2D eigenvalue weighted by Crippen LogP contribution is -2.30. The Morgan fingerprint density at radius 1 is 1.14 bits per heavy atom. The molecule has 1 unspecified atom stereocenters. The van der Waals surface area contributed by atoms with Crippen molar-refractivity contribution in [3.05, 3.63) is 59.7 Å². The van der Waals surface area contributed by atoms with Gasteiger partial charge in [0, 0.05) is 13.0 Å². The first kappa shape index (κ1) is 20.4. The summed E-state index contributed by atoms with van der Waals surface area (Å²) in [6.45, 7) is 0.773. The Hall–Kier alpha value is -2.38. The maximum atomic E-state index is 12.8. The van der Waals surface area contributed by atoms with Gasteiger partial charge in [-0.25, -0.2) is 13.1 Å². The SMILES string of the molecule is CNS(=O)(=O)c1ccc(CCC(=O)N2CCCC2c2ccc(OC)cc2)cc1. The number of sulfonamides is 1. The summed E-state index contributed by atoms with van der Waals surface area (Å²) in [5, 5.41) is 0. The van der Waals surface area contributed by atoms with Gasteiger partial charge in [0.25, 0.3) is 0 Å². The number of hydrogen-bond donors (Lipinski definition) is 1. The fourth-order valence-electron chi connectivity index (χ4n) is 3.59. The Morgan fingerprint density at radius 3 is 2.43 bits per heavy atom. The summed E-state index contributed by atoms with van der Waals surface area (Å²) in [7, 11) is -0.410. The van der Waals surface area contributed by atoms with Gasteiger partial charge in [-0.05, 0) is 61.7 Å². The highest BCUT2D eigenvalue weighted by Gasteiger charge is 2.29. The van der Waals surface area contributed by atoms with E-state index in [0.29, 0.717) is 12.8 Å². The van der Waals surface area contributed by atoms with E-state index < -0.39 is 10.0 Å². The van der Waals surface area contributed by atoms with Crippen LogP contribution in [0.5, 0.6) is 5.75 Å². The number of methoxy groups -OCH3 is 1. The van der Waals surface area contributed by atoms with Crippen LogP contribution in [0, 0.1) is 0 Å². The third-order valence-electron chi connectivity index (χ3n) is 5.20. The first-order valence-electron chi connectivity index (χ1n) is 9.40. The van der Waals surface area contributed by atoms with Crippen LogP contribution in [0.2, 0.25) is 0 Å².